The molecule has 1 unspecified atom stereocenters. The Labute approximate surface area is 258 Å². The van der Waals surface area contributed by atoms with Crippen molar-refractivity contribution in [3.8, 4) is 0 Å². The summed E-state index contributed by atoms with van der Waals surface area (Å²) in [5.41, 5.74) is 2.48. The summed E-state index contributed by atoms with van der Waals surface area (Å²) in [5, 5.41) is 3.99. The van der Waals surface area contributed by atoms with E-state index in [4.69, 9.17) is 23.2 Å². The van der Waals surface area contributed by atoms with Gasteiger partial charge in [-0.25, -0.2) is 8.42 Å². The van der Waals surface area contributed by atoms with Crippen molar-refractivity contribution in [3.05, 3.63) is 99.5 Å². The predicted molar refractivity (Wildman–Crippen MR) is 169 cm³/mol. The summed E-state index contributed by atoms with van der Waals surface area (Å²) < 4.78 is 27.1. The molecule has 10 heteroatoms. The molecule has 3 aromatic rings. The molecule has 7 nitrogen and oxygen atoms in total. The number of rotatable bonds is 11. The SMILES string of the molecule is Cc1ccc(Cl)cc1N(CC(=O)N(Cc1ccccc1Cl)C(Cc1ccccc1)C(=O)NC1CCCCC1)S(C)(=O)=O. The molecule has 1 saturated carbocycles. The highest BCUT2D eigenvalue weighted by molar-refractivity contribution is 7.92. The van der Waals surface area contributed by atoms with Gasteiger partial charge in [0.1, 0.15) is 12.6 Å². The minimum Gasteiger partial charge on any atom is -0.352 e. The Kier molecular flexibility index (Phi) is 10.9. The van der Waals surface area contributed by atoms with Crippen molar-refractivity contribution in [3.63, 3.8) is 0 Å². The predicted octanol–water partition coefficient (Wildman–Crippen LogP) is 6.16. The molecule has 0 saturated heterocycles. The number of carbonyl (C=O) groups excluding carboxylic acids is 2. The van der Waals surface area contributed by atoms with Crippen LogP contribution in [-0.2, 0) is 32.6 Å². The number of benzene rings is 3. The van der Waals surface area contributed by atoms with Gasteiger partial charge >= 0.3 is 0 Å². The minimum atomic E-state index is -3.89. The first kappa shape index (κ1) is 31.9. The van der Waals surface area contributed by atoms with E-state index in [1.807, 2.05) is 36.4 Å². The lowest BCUT2D eigenvalue weighted by atomic mass is 9.94. The number of hydrogen-bond acceptors (Lipinski definition) is 4. The molecule has 1 fully saturated rings. The number of nitrogens with one attached hydrogen (secondary N) is 1. The number of aryl methyl sites for hydroxylation is 1. The van der Waals surface area contributed by atoms with Gasteiger partial charge in [0.25, 0.3) is 0 Å². The summed E-state index contributed by atoms with van der Waals surface area (Å²) in [6.45, 7) is 1.28. The zero-order valence-corrected chi connectivity index (χ0v) is 26.3. The van der Waals surface area contributed by atoms with E-state index in [2.05, 4.69) is 5.32 Å². The largest absolute Gasteiger partial charge is 0.352 e. The second kappa shape index (κ2) is 14.4. The van der Waals surface area contributed by atoms with E-state index < -0.39 is 28.5 Å². The molecule has 1 aliphatic carbocycles. The lowest BCUT2D eigenvalue weighted by Crippen LogP contribution is -2.55. The third kappa shape index (κ3) is 8.49. The van der Waals surface area contributed by atoms with Crippen molar-refractivity contribution in [1.29, 1.82) is 0 Å². The average Bonchev–Trinajstić information content (AvgIpc) is 2.96. The molecule has 4 rings (SSSR count). The van der Waals surface area contributed by atoms with Crippen LogP contribution < -0.4 is 9.62 Å². The number of anilines is 1. The number of amides is 2. The van der Waals surface area contributed by atoms with Gasteiger partial charge in [-0.05, 0) is 54.7 Å². The summed E-state index contributed by atoms with van der Waals surface area (Å²) in [6.07, 6.45) is 6.30. The van der Waals surface area contributed by atoms with Gasteiger partial charge in [-0.1, -0.05) is 97.1 Å². The molecule has 0 bridgehead atoms. The fourth-order valence-electron chi connectivity index (χ4n) is 5.35. The molecule has 0 radical (unpaired) electrons. The fraction of sp³-hybridized carbons (Fsp3) is 0.375. The summed E-state index contributed by atoms with van der Waals surface area (Å²) in [5.74, 6) is -0.796. The molecule has 3 aromatic carbocycles. The molecule has 2 amide bonds. The minimum absolute atomic E-state index is 0.0280. The molecule has 42 heavy (non-hydrogen) atoms. The topological polar surface area (TPSA) is 86.8 Å². The van der Waals surface area contributed by atoms with E-state index in [1.54, 1.807) is 37.3 Å². The molecule has 1 aliphatic rings. The maximum absolute atomic E-state index is 14.3. The van der Waals surface area contributed by atoms with Crippen LogP contribution >= 0.6 is 23.2 Å². The Bertz CT molecular complexity index is 1490. The molecular weight excluding hydrogens is 593 g/mol. The van der Waals surface area contributed by atoms with E-state index >= 15 is 0 Å². The van der Waals surface area contributed by atoms with Crippen LogP contribution in [0, 0.1) is 6.92 Å². The molecule has 1 N–H and O–H groups in total. The Morgan fingerprint density at radius 3 is 2.29 bits per heavy atom. The van der Waals surface area contributed by atoms with Gasteiger partial charge in [-0.2, -0.15) is 0 Å². The molecule has 0 heterocycles. The zero-order chi connectivity index (χ0) is 30.3. The number of nitrogens with zero attached hydrogens (tertiary/aromatic N) is 2. The van der Waals surface area contributed by atoms with Crippen molar-refractivity contribution in [1.82, 2.24) is 10.2 Å². The normalized spacial score (nSPS) is 14.7. The summed E-state index contributed by atoms with van der Waals surface area (Å²) in [4.78, 5) is 29.7. The Morgan fingerprint density at radius 1 is 0.952 bits per heavy atom. The first-order chi connectivity index (χ1) is 20.0. The van der Waals surface area contributed by atoms with Crippen LogP contribution in [-0.4, -0.2) is 50.0 Å². The van der Waals surface area contributed by atoms with Crippen LogP contribution in [0.5, 0.6) is 0 Å². The van der Waals surface area contributed by atoms with Gasteiger partial charge in [0.2, 0.25) is 21.8 Å². The van der Waals surface area contributed by atoms with Crippen molar-refractivity contribution in [2.24, 2.45) is 0 Å². The van der Waals surface area contributed by atoms with Crippen molar-refractivity contribution < 1.29 is 18.0 Å². The summed E-state index contributed by atoms with van der Waals surface area (Å²) in [7, 11) is -3.89. The lowest BCUT2D eigenvalue weighted by Gasteiger charge is -2.35. The molecule has 0 aromatic heterocycles. The number of hydrogen-bond donors (Lipinski definition) is 1. The lowest BCUT2D eigenvalue weighted by molar-refractivity contribution is -0.140. The quantitative estimate of drug-likeness (QED) is 0.275. The van der Waals surface area contributed by atoms with Crippen molar-refractivity contribution in [2.45, 2.75) is 64.1 Å². The number of halogens is 2. The van der Waals surface area contributed by atoms with Crippen LogP contribution in [0.1, 0.15) is 48.8 Å². The highest BCUT2D eigenvalue weighted by Gasteiger charge is 2.34. The third-order valence-corrected chi connectivity index (χ3v) is 9.37. The van der Waals surface area contributed by atoms with E-state index in [1.165, 1.54) is 11.0 Å². The Balaban J connectivity index is 1.75. The average molecular weight is 631 g/mol. The van der Waals surface area contributed by atoms with Crippen LogP contribution in [0.25, 0.3) is 0 Å². The van der Waals surface area contributed by atoms with Gasteiger partial charge in [0, 0.05) is 29.1 Å². The van der Waals surface area contributed by atoms with Crippen molar-refractivity contribution in [2.75, 3.05) is 17.1 Å². The van der Waals surface area contributed by atoms with Crippen LogP contribution in [0.4, 0.5) is 5.69 Å². The van der Waals surface area contributed by atoms with Gasteiger partial charge in [0.15, 0.2) is 0 Å². The first-order valence-corrected chi connectivity index (χ1v) is 16.7. The zero-order valence-electron chi connectivity index (χ0n) is 23.9. The molecule has 224 valence electrons. The summed E-state index contributed by atoms with van der Waals surface area (Å²) in [6, 6.07) is 20.7. The molecular formula is C32H37Cl2N3O4S. The summed E-state index contributed by atoms with van der Waals surface area (Å²) >= 11 is 12.8. The molecule has 0 aliphatic heterocycles. The third-order valence-electron chi connectivity index (χ3n) is 7.64. The highest BCUT2D eigenvalue weighted by Crippen LogP contribution is 2.28. The van der Waals surface area contributed by atoms with Gasteiger partial charge in [0.05, 0.1) is 11.9 Å². The highest BCUT2D eigenvalue weighted by atomic mass is 35.5. The van der Waals surface area contributed by atoms with Crippen LogP contribution in [0.3, 0.4) is 0 Å². The standard InChI is InChI=1S/C32H37Cl2N3O4S/c1-23-17-18-26(33)20-29(23)37(42(2,40)41)22-31(38)36(21-25-13-9-10-16-28(25)34)30(19-24-11-5-3-6-12-24)32(39)35-27-14-7-4-8-15-27/h3,5-6,9-13,16-18,20,27,30H,4,7-8,14-15,19,21-22H2,1-2H3,(H,35,39). The number of sulfonamides is 1. The maximum Gasteiger partial charge on any atom is 0.244 e. The smallest absolute Gasteiger partial charge is 0.244 e. The van der Waals surface area contributed by atoms with Crippen molar-refractivity contribution >= 4 is 50.7 Å². The van der Waals surface area contributed by atoms with Gasteiger partial charge in [-0.3, -0.25) is 13.9 Å². The Hall–Kier alpha value is -3.07. The fourth-order valence-corrected chi connectivity index (χ4v) is 6.62. The second-order valence-electron chi connectivity index (χ2n) is 10.9. The Morgan fingerprint density at radius 2 is 1.62 bits per heavy atom. The van der Waals surface area contributed by atoms with E-state index in [0.717, 1.165) is 48.2 Å². The second-order valence-corrected chi connectivity index (χ2v) is 13.6. The van der Waals surface area contributed by atoms with Gasteiger partial charge < -0.3 is 10.2 Å². The van der Waals surface area contributed by atoms with E-state index in [0.29, 0.717) is 26.9 Å². The van der Waals surface area contributed by atoms with Gasteiger partial charge in [-0.15, -0.1) is 0 Å². The molecule has 0 spiro atoms. The maximum atomic E-state index is 14.3. The van der Waals surface area contributed by atoms with Crippen LogP contribution in [0.2, 0.25) is 10.0 Å². The molecule has 1 atom stereocenters. The number of carbonyl (C=O) groups is 2. The van der Waals surface area contributed by atoms with E-state index in [9.17, 15) is 18.0 Å². The van der Waals surface area contributed by atoms with E-state index in [-0.39, 0.29) is 24.9 Å². The van der Waals surface area contributed by atoms with Crippen LogP contribution in [0.15, 0.2) is 72.8 Å². The first-order valence-electron chi connectivity index (χ1n) is 14.1. The monoisotopic (exact) mass is 629 g/mol.